The zero-order valence-corrected chi connectivity index (χ0v) is 11.6. The second kappa shape index (κ2) is 6.37. The minimum absolute atomic E-state index is 0.0350. The van der Waals surface area contributed by atoms with Gasteiger partial charge in [0.15, 0.2) is 5.71 Å². The Bertz CT molecular complexity index is 582. The summed E-state index contributed by atoms with van der Waals surface area (Å²) in [6.07, 6.45) is 0. The summed E-state index contributed by atoms with van der Waals surface area (Å²) in [6, 6.07) is 8.86. The van der Waals surface area contributed by atoms with Gasteiger partial charge in [-0.2, -0.15) is 5.26 Å². The van der Waals surface area contributed by atoms with Crippen LogP contribution < -0.4 is 5.43 Å². The third-order valence-electron chi connectivity index (χ3n) is 2.79. The molecule has 1 unspecified atom stereocenters. The van der Waals surface area contributed by atoms with E-state index in [-0.39, 0.29) is 30.8 Å². The van der Waals surface area contributed by atoms with Crippen LogP contribution in [0.5, 0.6) is 0 Å². The van der Waals surface area contributed by atoms with Crippen LogP contribution in [0.25, 0.3) is 0 Å². The second-order valence-electron chi connectivity index (χ2n) is 4.24. The van der Waals surface area contributed by atoms with Crippen molar-refractivity contribution >= 4 is 23.2 Å². The summed E-state index contributed by atoms with van der Waals surface area (Å²) in [7, 11) is 0. The molecule has 104 valence electrons. The van der Waals surface area contributed by atoms with Crippen LogP contribution in [-0.4, -0.2) is 29.2 Å². The number of carbonyl (C=O) groups excluding carboxylic acids is 1. The van der Waals surface area contributed by atoms with Crippen molar-refractivity contribution in [3.63, 3.8) is 0 Å². The summed E-state index contributed by atoms with van der Waals surface area (Å²) in [5, 5.41) is 14.2. The number of carbonyl (C=O) groups is 1. The molecule has 1 aromatic rings. The number of rotatable bonds is 4. The molecule has 0 bridgehead atoms. The highest BCUT2D eigenvalue weighted by Crippen LogP contribution is 2.16. The summed E-state index contributed by atoms with van der Waals surface area (Å²) in [5.74, 6) is -0.349. The van der Waals surface area contributed by atoms with Crippen LogP contribution in [0.2, 0.25) is 5.02 Å². The number of nitrogens with one attached hydrogen (secondary N) is 1. The number of benzene rings is 1. The fourth-order valence-electron chi connectivity index (χ4n) is 1.77. The molecule has 7 heteroatoms. The molecule has 0 radical (unpaired) electrons. The lowest BCUT2D eigenvalue weighted by molar-refractivity contribution is -0.124. The first kappa shape index (κ1) is 14.3. The SMILES string of the molecule is CC1NN(CC#N)C(=O)C1=NOCc1ccccc1Cl. The Hall–Kier alpha value is -2.10. The summed E-state index contributed by atoms with van der Waals surface area (Å²) < 4.78 is 0. The predicted molar refractivity (Wildman–Crippen MR) is 73.6 cm³/mol. The van der Waals surface area contributed by atoms with Crippen LogP contribution >= 0.6 is 11.6 Å². The molecule has 1 aromatic carbocycles. The van der Waals surface area contributed by atoms with Gasteiger partial charge in [-0.25, -0.2) is 5.43 Å². The molecule has 1 N–H and O–H groups in total. The second-order valence-corrected chi connectivity index (χ2v) is 4.65. The first-order chi connectivity index (χ1) is 9.63. The molecule has 1 heterocycles. The van der Waals surface area contributed by atoms with E-state index in [0.29, 0.717) is 5.02 Å². The van der Waals surface area contributed by atoms with E-state index in [1.807, 2.05) is 24.3 Å². The number of hydrazine groups is 1. The predicted octanol–water partition coefficient (Wildman–Crippen LogP) is 1.47. The molecule has 0 aliphatic carbocycles. The largest absolute Gasteiger partial charge is 0.390 e. The lowest BCUT2D eigenvalue weighted by Gasteiger charge is -2.09. The highest BCUT2D eigenvalue weighted by molar-refractivity contribution is 6.42. The van der Waals surface area contributed by atoms with E-state index in [0.717, 1.165) is 5.56 Å². The smallest absolute Gasteiger partial charge is 0.288 e. The monoisotopic (exact) mass is 292 g/mol. The Morgan fingerprint density at radius 1 is 1.55 bits per heavy atom. The summed E-state index contributed by atoms with van der Waals surface area (Å²) >= 11 is 5.99. The number of halogens is 1. The Morgan fingerprint density at radius 3 is 3.00 bits per heavy atom. The third-order valence-corrected chi connectivity index (χ3v) is 3.16. The average molecular weight is 293 g/mol. The van der Waals surface area contributed by atoms with Crippen molar-refractivity contribution < 1.29 is 9.63 Å². The Labute approximate surface area is 121 Å². The molecule has 1 atom stereocenters. The number of oxime groups is 1. The maximum Gasteiger partial charge on any atom is 0.288 e. The Balaban J connectivity index is 2.00. The topological polar surface area (TPSA) is 77.7 Å². The van der Waals surface area contributed by atoms with Gasteiger partial charge in [0, 0.05) is 10.6 Å². The van der Waals surface area contributed by atoms with Gasteiger partial charge in [0.05, 0.1) is 12.1 Å². The van der Waals surface area contributed by atoms with E-state index >= 15 is 0 Å². The summed E-state index contributed by atoms with van der Waals surface area (Å²) in [4.78, 5) is 17.1. The van der Waals surface area contributed by atoms with Gasteiger partial charge in [0.2, 0.25) is 0 Å². The molecule has 0 spiro atoms. The number of nitriles is 1. The zero-order chi connectivity index (χ0) is 14.5. The standard InChI is InChI=1S/C13H13ClN4O2/c1-9-12(13(19)18(16-9)7-6-15)17-20-8-10-4-2-3-5-11(10)14/h2-5,9,16H,7-8H2,1H3. The van der Waals surface area contributed by atoms with Gasteiger partial charge in [-0.1, -0.05) is 35.0 Å². The van der Waals surface area contributed by atoms with Crippen molar-refractivity contribution in [2.45, 2.75) is 19.6 Å². The summed E-state index contributed by atoms with van der Waals surface area (Å²) in [5.41, 5.74) is 3.87. The highest BCUT2D eigenvalue weighted by Gasteiger charge is 2.34. The van der Waals surface area contributed by atoms with Crippen molar-refractivity contribution in [1.82, 2.24) is 10.4 Å². The quantitative estimate of drug-likeness (QED) is 0.673. The molecule has 1 fully saturated rings. The zero-order valence-electron chi connectivity index (χ0n) is 10.8. The van der Waals surface area contributed by atoms with Gasteiger partial charge in [0.1, 0.15) is 13.2 Å². The van der Waals surface area contributed by atoms with E-state index in [1.165, 1.54) is 5.01 Å². The molecule has 2 rings (SSSR count). The van der Waals surface area contributed by atoms with Crippen LogP contribution in [0.15, 0.2) is 29.4 Å². The minimum Gasteiger partial charge on any atom is -0.390 e. The van der Waals surface area contributed by atoms with Crippen LogP contribution in [0.4, 0.5) is 0 Å². The lowest BCUT2D eigenvalue weighted by Crippen LogP contribution is -2.36. The fourth-order valence-corrected chi connectivity index (χ4v) is 1.96. The van der Waals surface area contributed by atoms with Crippen molar-refractivity contribution in [1.29, 1.82) is 5.26 Å². The van der Waals surface area contributed by atoms with Crippen molar-refractivity contribution in [3.05, 3.63) is 34.9 Å². The van der Waals surface area contributed by atoms with E-state index < -0.39 is 0 Å². The molecule has 0 saturated carbocycles. The average Bonchev–Trinajstić information content (AvgIpc) is 2.69. The Kier molecular flexibility index (Phi) is 4.56. The maximum atomic E-state index is 11.9. The highest BCUT2D eigenvalue weighted by atomic mass is 35.5. The molecule has 1 saturated heterocycles. The van der Waals surface area contributed by atoms with Crippen LogP contribution in [0.1, 0.15) is 12.5 Å². The first-order valence-corrected chi connectivity index (χ1v) is 6.39. The maximum absolute atomic E-state index is 11.9. The molecule has 6 nitrogen and oxygen atoms in total. The van der Waals surface area contributed by atoms with Gasteiger partial charge in [-0.3, -0.25) is 9.80 Å². The van der Waals surface area contributed by atoms with Gasteiger partial charge >= 0.3 is 0 Å². The normalized spacial score (nSPS) is 20.2. The molecular formula is C13H13ClN4O2. The lowest BCUT2D eigenvalue weighted by atomic mass is 10.2. The fraction of sp³-hybridized carbons (Fsp3) is 0.308. The van der Waals surface area contributed by atoms with Crippen LogP contribution in [0, 0.1) is 11.3 Å². The number of amides is 1. The van der Waals surface area contributed by atoms with E-state index in [2.05, 4.69) is 10.6 Å². The van der Waals surface area contributed by atoms with Gasteiger partial charge in [-0.05, 0) is 13.0 Å². The molecule has 20 heavy (non-hydrogen) atoms. The molecule has 1 aliphatic rings. The Morgan fingerprint density at radius 2 is 2.30 bits per heavy atom. The van der Waals surface area contributed by atoms with Crippen LogP contribution in [-0.2, 0) is 16.2 Å². The number of hydrogen-bond acceptors (Lipinski definition) is 5. The minimum atomic E-state index is -0.349. The molecule has 1 aliphatic heterocycles. The van der Waals surface area contributed by atoms with E-state index in [4.69, 9.17) is 21.7 Å². The van der Waals surface area contributed by atoms with Gasteiger partial charge in [-0.15, -0.1) is 0 Å². The first-order valence-electron chi connectivity index (χ1n) is 6.01. The van der Waals surface area contributed by atoms with Crippen LogP contribution in [0.3, 0.4) is 0 Å². The van der Waals surface area contributed by atoms with E-state index in [9.17, 15) is 4.79 Å². The number of nitrogens with zero attached hydrogens (tertiary/aromatic N) is 3. The van der Waals surface area contributed by atoms with Gasteiger partial charge < -0.3 is 4.84 Å². The number of hydrogen-bond donors (Lipinski definition) is 1. The molecular weight excluding hydrogens is 280 g/mol. The molecule has 0 aromatic heterocycles. The molecule has 1 amide bonds. The van der Waals surface area contributed by atoms with Crippen molar-refractivity contribution in [2.75, 3.05) is 6.54 Å². The van der Waals surface area contributed by atoms with Gasteiger partial charge in [0.25, 0.3) is 5.91 Å². The van der Waals surface area contributed by atoms with Crippen molar-refractivity contribution in [3.8, 4) is 6.07 Å². The summed E-state index contributed by atoms with van der Waals surface area (Å²) in [6.45, 7) is 1.92. The van der Waals surface area contributed by atoms with E-state index in [1.54, 1.807) is 13.0 Å². The third kappa shape index (κ3) is 3.07. The van der Waals surface area contributed by atoms with Crippen molar-refractivity contribution in [2.24, 2.45) is 5.16 Å².